The van der Waals surface area contributed by atoms with Gasteiger partial charge in [0.2, 0.25) is 0 Å². The van der Waals surface area contributed by atoms with Gasteiger partial charge in [-0.25, -0.2) is 0 Å². The van der Waals surface area contributed by atoms with Gasteiger partial charge in [-0.3, -0.25) is 14.4 Å². The molecule has 4 aromatic rings. The Morgan fingerprint density at radius 1 is 0.696 bits per heavy atom. The summed E-state index contributed by atoms with van der Waals surface area (Å²) in [5, 5.41) is 20.0. The van der Waals surface area contributed by atoms with Gasteiger partial charge in [-0.15, -0.1) is 5.73 Å². The van der Waals surface area contributed by atoms with Crippen LogP contribution in [0.15, 0.2) is 122 Å². The Hall–Kier alpha value is -5.39. The van der Waals surface area contributed by atoms with Crippen molar-refractivity contribution in [2.24, 2.45) is 0 Å². The minimum Gasteiger partial charge on any atom is -0.481 e. The Kier molecular flexibility index (Phi) is 19.6. The van der Waals surface area contributed by atoms with Crippen molar-refractivity contribution >= 4 is 29.2 Å². The van der Waals surface area contributed by atoms with Gasteiger partial charge in [-0.1, -0.05) is 115 Å². The molecule has 1 amide bonds. The molecule has 5 N–H and O–H groups in total. The van der Waals surface area contributed by atoms with E-state index >= 15 is 0 Å². The number of nitrogens with one attached hydrogen (secondary N) is 1. The minimum absolute atomic E-state index is 0. The zero-order valence-electron chi connectivity index (χ0n) is 26.5. The maximum absolute atomic E-state index is 12.2. The summed E-state index contributed by atoms with van der Waals surface area (Å²) in [4.78, 5) is 33.1. The molecule has 0 saturated heterocycles. The summed E-state index contributed by atoms with van der Waals surface area (Å²) in [5.74, 6) is -0.907. The largest absolute Gasteiger partial charge is 0.481 e. The fourth-order valence-corrected chi connectivity index (χ4v) is 3.80. The first-order chi connectivity index (χ1) is 21.4. The molecule has 4 aromatic carbocycles. The second kappa shape index (κ2) is 22.2. The number of hydrogen-bond donors (Lipinski definition) is 4. The second-order valence-electron chi connectivity index (χ2n) is 10.6. The van der Waals surface area contributed by atoms with Crippen molar-refractivity contribution in [1.29, 1.82) is 0 Å². The van der Waals surface area contributed by atoms with Crippen LogP contribution in [0.4, 0.5) is 11.4 Å². The van der Waals surface area contributed by atoms with Crippen LogP contribution >= 0.6 is 0 Å². The lowest BCUT2D eigenvalue weighted by molar-refractivity contribution is -0.137. The third kappa shape index (κ3) is 17.0. The van der Waals surface area contributed by atoms with Gasteiger partial charge in [0.15, 0.2) is 0 Å². The van der Waals surface area contributed by atoms with E-state index in [9.17, 15) is 14.4 Å². The highest BCUT2D eigenvalue weighted by Gasteiger charge is 2.09. The number of carboxylic acid groups (broad SMARTS) is 2. The molecule has 0 radical (unpaired) electrons. The first kappa shape index (κ1) is 40.6. The monoisotopic (exact) mass is 624 g/mol. The molecule has 0 heterocycles. The number of nitrogen functional groups attached to an aromatic ring is 1. The fourth-order valence-electron chi connectivity index (χ4n) is 3.80. The number of amides is 1. The Morgan fingerprint density at radius 2 is 1.13 bits per heavy atom. The van der Waals surface area contributed by atoms with Crippen LogP contribution in [-0.2, 0) is 22.4 Å². The topological polar surface area (TPSA) is 130 Å². The van der Waals surface area contributed by atoms with Crippen LogP contribution in [0, 0.1) is 0 Å². The van der Waals surface area contributed by atoms with E-state index in [0.717, 1.165) is 16.9 Å². The number of carboxylic acids is 2. The van der Waals surface area contributed by atoms with Crippen LogP contribution < -0.4 is 11.1 Å². The van der Waals surface area contributed by atoms with E-state index in [4.69, 9.17) is 15.9 Å². The highest BCUT2D eigenvalue weighted by molar-refractivity contribution is 6.04. The van der Waals surface area contributed by atoms with Crippen LogP contribution in [-0.4, -0.2) is 28.1 Å². The van der Waals surface area contributed by atoms with E-state index in [1.807, 2.05) is 54.6 Å². The number of nitrogens with two attached hydrogens (primary N) is 1. The smallest absolute Gasteiger partial charge is 0.307 e. The van der Waals surface area contributed by atoms with E-state index in [1.54, 1.807) is 36.4 Å². The number of aliphatic carboxylic acids is 2. The summed E-state index contributed by atoms with van der Waals surface area (Å²) in [6.45, 7) is 14.8. The number of hydrogen-bond acceptors (Lipinski definition) is 4. The lowest BCUT2D eigenvalue weighted by atomic mass is 10.0. The molecule has 0 aliphatic heterocycles. The quantitative estimate of drug-likeness (QED) is 0.114. The van der Waals surface area contributed by atoms with Gasteiger partial charge in [-0.05, 0) is 70.5 Å². The van der Waals surface area contributed by atoms with Gasteiger partial charge in [0, 0.05) is 16.9 Å². The van der Waals surface area contributed by atoms with E-state index in [0.29, 0.717) is 23.0 Å². The van der Waals surface area contributed by atoms with Crippen LogP contribution in [0.25, 0.3) is 0 Å². The van der Waals surface area contributed by atoms with Crippen molar-refractivity contribution in [3.8, 4) is 0 Å². The molecule has 7 nitrogen and oxygen atoms in total. The summed E-state index contributed by atoms with van der Waals surface area (Å²) in [6, 6.07) is 31.5. The molecule has 0 spiro atoms. The predicted molar refractivity (Wildman–Crippen MR) is 190 cm³/mol. The minimum atomic E-state index is -0.915. The first-order valence-electron chi connectivity index (χ1n) is 14.5. The van der Waals surface area contributed by atoms with E-state index < -0.39 is 11.9 Å². The highest BCUT2D eigenvalue weighted by atomic mass is 16.4. The van der Waals surface area contributed by atoms with E-state index in [1.165, 1.54) is 11.1 Å². The normalized spacial score (nSPS) is 9.43. The maximum atomic E-state index is 12.2. The summed E-state index contributed by atoms with van der Waals surface area (Å²) < 4.78 is 0. The molecule has 0 bridgehead atoms. The molecule has 4 rings (SSSR count). The van der Waals surface area contributed by atoms with Crippen molar-refractivity contribution in [2.45, 2.75) is 59.8 Å². The zero-order valence-corrected chi connectivity index (χ0v) is 26.5. The lowest BCUT2D eigenvalue weighted by Crippen LogP contribution is -2.12. The lowest BCUT2D eigenvalue weighted by Gasteiger charge is -2.09. The van der Waals surface area contributed by atoms with Gasteiger partial charge in [0.05, 0.1) is 12.8 Å². The fraction of sp³-hybridized carbons (Fsp3) is 0.231. The third-order valence-electron chi connectivity index (χ3n) is 6.18. The molecule has 0 fully saturated rings. The maximum Gasteiger partial charge on any atom is 0.307 e. The molecule has 0 aliphatic rings. The third-order valence-corrected chi connectivity index (χ3v) is 6.18. The molecule has 0 atom stereocenters. The van der Waals surface area contributed by atoms with Gasteiger partial charge < -0.3 is 21.3 Å². The van der Waals surface area contributed by atoms with Crippen LogP contribution in [0.5, 0.6) is 0 Å². The standard InChI is InChI=1S/C18H19NO3.C9H13N.C8H8O2.C3H4.CH4/c1-12(2)14-6-8-16(9-7-14)19-18(22)15-5-3-4-13(10-15)11-17(20)21;1-7(2)8-3-5-9(10)6-4-8;9-8(10)6-7-4-2-1-3-5-7;1-3-2;/h3-10,12H,11H2,1-2H3,(H,19,22)(H,20,21);3-7H,10H2,1-2H3;1-5H,6H2,(H,9,10);1-2H2;1H4. The summed E-state index contributed by atoms with van der Waals surface area (Å²) >= 11 is 0. The van der Waals surface area contributed by atoms with Gasteiger partial charge in [0.1, 0.15) is 0 Å². The van der Waals surface area contributed by atoms with Crippen molar-refractivity contribution in [3.63, 3.8) is 0 Å². The molecule has 0 saturated carbocycles. The number of rotatable bonds is 8. The van der Waals surface area contributed by atoms with Crippen molar-refractivity contribution in [3.05, 3.63) is 150 Å². The molecular weight excluding hydrogens is 576 g/mol. The summed E-state index contributed by atoms with van der Waals surface area (Å²) in [6.07, 6.45) is 0.0189. The number of anilines is 2. The molecule has 0 unspecified atom stereocenters. The average molecular weight is 625 g/mol. The van der Waals surface area contributed by atoms with Crippen LogP contribution in [0.3, 0.4) is 0 Å². The molecular formula is C39H48N2O5. The van der Waals surface area contributed by atoms with E-state index in [-0.39, 0.29) is 26.2 Å². The average Bonchev–Trinajstić information content (AvgIpc) is 2.99. The van der Waals surface area contributed by atoms with Crippen LogP contribution in [0.1, 0.15) is 79.6 Å². The van der Waals surface area contributed by atoms with Crippen molar-refractivity contribution < 1.29 is 24.6 Å². The highest BCUT2D eigenvalue weighted by Crippen LogP contribution is 2.18. The van der Waals surface area contributed by atoms with Gasteiger partial charge >= 0.3 is 11.9 Å². The Bertz CT molecular complexity index is 1500. The van der Waals surface area contributed by atoms with Crippen molar-refractivity contribution in [1.82, 2.24) is 0 Å². The first-order valence-corrected chi connectivity index (χ1v) is 14.5. The summed E-state index contributed by atoms with van der Waals surface area (Å²) in [5.41, 5.74) is 13.8. The number of carbonyl (C=O) groups is 3. The number of benzene rings is 4. The molecule has 0 aliphatic carbocycles. The molecule has 244 valence electrons. The SMILES string of the molecule is C.C=C=C.CC(C)c1ccc(N)cc1.CC(C)c1ccc(NC(=O)c2cccc(CC(=O)O)c2)cc1.O=C(O)Cc1ccccc1. The van der Waals surface area contributed by atoms with Crippen molar-refractivity contribution in [2.75, 3.05) is 11.1 Å². The van der Waals surface area contributed by atoms with Gasteiger partial charge in [-0.2, -0.15) is 0 Å². The molecule has 0 aromatic heterocycles. The summed E-state index contributed by atoms with van der Waals surface area (Å²) in [7, 11) is 0. The second-order valence-corrected chi connectivity index (χ2v) is 10.6. The number of carbonyl (C=O) groups excluding carboxylic acids is 1. The van der Waals surface area contributed by atoms with Gasteiger partial charge in [0.25, 0.3) is 5.91 Å². The molecule has 46 heavy (non-hydrogen) atoms. The molecule has 7 heteroatoms. The zero-order chi connectivity index (χ0) is 33.8. The Balaban J connectivity index is 0.000000702. The van der Waals surface area contributed by atoms with Crippen LogP contribution in [0.2, 0.25) is 0 Å². The Labute approximate surface area is 274 Å². The Morgan fingerprint density at radius 3 is 1.59 bits per heavy atom. The van der Waals surface area contributed by atoms with E-state index in [2.05, 4.69) is 64.0 Å². The predicted octanol–water partition coefficient (Wildman–Crippen LogP) is 8.99.